The molecule has 1 aliphatic rings. The Kier molecular flexibility index (Phi) is 6.57. The van der Waals surface area contributed by atoms with Gasteiger partial charge in [0.05, 0.1) is 13.7 Å². The lowest BCUT2D eigenvalue weighted by Crippen LogP contribution is -2.40. The summed E-state index contributed by atoms with van der Waals surface area (Å²) < 4.78 is 23.4. The van der Waals surface area contributed by atoms with Gasteiger partial charge in [0.15, 0.2) is 0 Å². The van der Waals surface area contributed by atoms with Crippen LogP contribution in [0.5, 0.6) is 5.75 Å². The molecule has 1 saturated heterocycles. The zero-order valence-corrected chi connectivity index (χ0v) is 17.4. The predicted molar refractivity (Wildman–Crippen MR) is 113 cm³/mol. The molecule has 4 rings (SSSR count). The molecule has 0 saturated carbocycles. The normalized spacial score (nSPS) is 15.0. The third-order valence-corrected chi connectivity index (χ3v) is 5.51. The number of likely N-dealkylation sites (tertiary alicyclic amines) is 1. The molecule has 1 N–H and O–H groups in total. The maximum absolute atomic E-state index is 13.0. The average Bonchev–Trinajstić information content (AvgIpc) is 3.29. The quantitative estimate of drug-likeness (QED) is 0.626. The molecule has 3 aromatic rings. The summed E-state index contributed by atoms with van der Waals surface area (Å²) in [6.45, 7) is 2.64. The molecule has 0 unspecified atom stereocenters. The summed E-state index contributed by atoms with van der Waals surface area (Å²) in [4.78, 5) is 19.2. The van der Waals surface area contributed by atoms with Crippen molar-refractivity contribution in [3.8, 4) is 17.1 Å². The van der Waals surface area contributed by atoms with Crippen LogP contribution in [0.1, 0.15) is 24.3 Å². The maximum Gasteiger partial charge on any atom is 0.246 e. The Labute approximate surface area is 180 Å². The van der Waals surface area contributed by atoms with Gasteiger partial charge in [0, 0.05) is 18.0 Å². The van der Waals surface area contributed by atoms with Gasteiger partial charge in [-0.25, -0.2) is 4.39 Å². The SMILES string of the molecule is COc1ccc(-c2noc(CNC(=O)C3CCN(Cc4ccc(F)cc4)CC3)n2)cc1. The number of nitrogens with zero attached hydrogens (tertiary/aromatic N) is 3. The molecule has 1 aliphatic heterocycles. The van der Waals surface area contributed by atoms with Crippen LogP contribution in [0.15, 0.2) is 53.1 Å². The van der Waals surface area contributed by atoms with Gasteiger partial charge in [-0.05, 0) is 67.9 Å². The van der Waals surface area contributed by atoms with Gasteiger partial charge in [0.2, 0.25) is 17.6 Å². The minimum Gasteiger partial charge on any atom is -0.497 e. The number of carbonyl (C=O) groups excluding carboxylic acids is 1. The molecule has 0 bridgehead atoms. The number of hydrogen-bond acceptors (Lipinski definition) is 6. The van der Waals surface area contributed by atoms with Crippen molar-refractivity contribution in [2.24, 2.45) is 5.92 Å². The van der Waals surface area contributed by atoms with Gasteiger partial charge in [0.25, 0.3) is 0 Å². The first-order valence-electron chi connectivity index (χ1n) is 10.3. The lowest BCUT2D eigenvalue weighted by molar-refractivity contribution is -0.126. The van der Waals surface area contributed by atoms with Crippen molar-refractivity contribution >= 4 is 5.91 Å². The fourth-order valence-electron chi connectivity index (χ4n) is 3.69. The van der Waals surface area contributed by atoms with E-state index in [1.807, 2.05) is 24.3 Å². The molecule has 0 radical (unpaired) electrons. The second kappa shape index (κ2) is 9.70. The first-order chi connectivity index (χ1) is 15.1. The minimum atomic E-state index is -0.225. The third-order valence-electron chi connectivity index (χ3n) is 5.51. The van der Waals surface area contributed by atoms with Gasteiger partial charge in [-0.1, -0.05) is 17.3 Å². The molecule has 2 heterocycles. The van der Waals surface area contributed by atoms with E-state index < -0.39 is 0 Å². The van der Waals surface area contributed by atoms with Crippen molar-refractivity contribution in [1.29, 1.82) is 0 Å². The van der Waals surface area contributed by atoms with Crippen molar-refractivity contribution in [2.45, 2.75) is 25.9 Å². The van der Waals surface area contributed by atoms with Gasteiger partial charge in [-0.15, -0.1) is 0 Å². The zero-order valence-electron chi connectivity index (χ0n) is 17.4. The number of carbonyl (C=O) groups is 1. The van der Waals surface area contributed by atoms with E-state index in [9.17, 15) is 9.18 Å². The van der Waals surface area contributed by atoms with Crippen LogP contribution in [-0.2, 0) is 17.9 Å². The highest BCUT2D eigenvalue weighted by molar-refractivity contribution is 5.78. The topological polar surface area (TPSA) is 80.5 Å². The van der Waals surface area contributed by atoms with Gasteiger partial charge in [-0.2, -0.15) is 4.98 Å². The van der Waals surface area contributed by atoms with Crippen LogP contribution < -0.4 is 10.1 Å². The van der Waals surface area contributed by atoms with Gasteiger partial charge in [-0.3, -0.25) is 9.69 Å². The molecule has 7 nitrogen and oxygen atoms in total. The number of halogens is 1. The largest absolute Gasteiger partial charge is 0.497 e. The Hall–Kier alpha value is -3.26. The highest BCUT2D eigenvalue weighted by atomic mass is 19.1. The molecule has 1 aromatic heterocycles. The van der Waals surface area contributed by atoms with Gasteiger partial charge in [0.1, 0.15) is 11.6 Å². The molecule has 8 heteroatoms. The van der Waals surface area contributed by atoms with E-state index in [0.29, 0.717) is 11.7 Å². The lowest BCUT2D eigenvalue weighted by Gasteiger charge is -2.31. The van der Waals surface area contributed by atoms with Gasteiger partial charge < -0.3 is 14.6 Å². The number of benzene rings is 2. The third kappa shape index (κ3) is 5.46. The number of piperidine rings is 1. The Morgan fingerprint density at radius 2 is 1.87 bits per heavy atom. The second-order valence-corrected chi connectivity index (χ2v) is 7.63. The van der Waals surface area contributed by atoms with Crippen molar-refractivity contribution in [3.63, 3.8) is 0 Å². The number of rotatable bonds is 7. The fraction of sp³-hybridized carbons (Fsp3) is 0.348. The molecule has 0 spiro atoms. The van der Waals surface area contributed by atoms with Crippen LogP contribution in [0.2, 0.25) is 0 Å². The van der Waals surface area contributed by atoms with E-state index in [0.717, 1.165) is 49.4 Å². The fourth-order valence-corrected chi connectivity index (χ4v) is 3.69. The van der Waals surface area contributed by atoms with E-state index in [2.05, 4.69) is 20.4 Å². The van der Waals surface area contributed by atoms with Crippen LogP contribution in [0.4, 0.5) is 4.39 Å². The number of aromatic nitrogens is 2. The predicted octanol–water partition coefficient (Wildman–Crippen LogP) is 3.41. The standard InChI is InChI=1S/C23H25FN4O3/c1-30-20-8-4-17(5-9-20)22-26-21(31-27-22)14-25-23(29)18-10-12-28(13-11-18)15-16-2-6-19(24)7-3-16/h2-9,18H,10-15H2,1H3,(H,25,29). The second-order valence-electron chi connectivity index (χ2n) is 7.63. The average molecular weight is 424 g/mol. The number of nitrogens with one attached hydrogen (secondary N) is 1. The van der Waals surface area contributed by atoms with E-state index in [1.54, 1.807) is 19.2 Å². The molecule has 0 aliphatic carbocycles. The molecular formula is C23H25FN4O3. The van der Waals surface area contributed by atoms with Crippen LogP contribution in [0.25, 0.3) is 11.4 Å². The van der Waals surface area contributed by atoms with E-state index >= 15 is 0 Å². The molecule has 2 aromatic carbocycles. The Balaban J connectivity index is 1.23. The van der Waals surface area contributed by atoms with E-state index in [4.69, 9.17) is 9.26 Å². The number of ether oxygens (including phenoxy) is 1. The molecule has 1 fully saturated rings. The molecule has 0 atom stereocenters. The van der Waals surface area contributed by atoms with Crippen LogP contribution >= 0.6 is 0 Å². The number of hydrogen-bond donors (Lipinski definition) is 1. The summed E-state index contributed by atoms with van der Waals surface area (Å²) in [7, 11) is 1.61. The molecule has 31 heavy (non-hydrogen) atoms. The van der Waals surface area contributed by atoms with Crippen LogP contribution in [-0.4, -0.2) is 41.1 Å². The zero-order chi connectivity index (χ0) is 21.6. The number of methoxy groups -OCH3 is 1. The van der Waals surface area contributed by atoms with Crippen LogP contribution in [0.3, 0.4) is 0 Å². The summed E-state index contributed by atoms with van der Waals surface area (Å²) in [6.07, 6.45) is 1.57. The van der Waals surface area contributed by atoms with Crippen molar-refractivity contribution < 1.29 is 18.4 Å². The first kappa shape index (κ1) is 21.0. The molecule has 1 amide bonds. The van der Waals surface area contributed by atoms with Crippen molar-refractivity contribution in [2.75, 3.05) is 20.2 Å². The molecular weight excluding hydrogens is 399 g/mol. The Bertz CT molecular complexity index is 996. The Morgan fingerprint density at radius 3 is 2.55 bits per heavy atom. The summed E-state index contributed by atoms with van der Waals surface area (Å²) in [5.74, 6) is 1.34. The lowest BCUT2D eigenvalue weighted by atomic mass is 9.95. The molecule has 162 valence electrons. The van der Waals surface area contributed by atoms with Gasteiger partial charge >= 0.3 is 0 Å². The van der Waals surface area contributed by atoms with E-state index in [-0.39, 0.29) is 24.2 Å². The van der Waals surface area contributed by atoms with E-state index in [1.165, 1.54) is 12.1 Å². The summed E-state index contributed by atoms with van der Waals surface area (Å²) in [5, 5.41) is 6.89. The first-order valence-corrected chi connectivity index (χ1v) is 10.3. The minimum absolute atomic E-state index is 0.00521. The summed E-state index contributed by atoms with van der Waals surface area (Å²) in [5.41, 5.74) is 1.89. The highest BCUT2D eigenvalue weighted by Gasteiger charge is 2.25. The smallest absolute Gasteiger partial charge is 0.246 e. The highest BCUT2D eigenvalue weighted by Crippen LogP contribution is 2.21. The Morgan fingerprint density at radius 1 is 1.16 bits per heavy atom. The number of amides is 1. The monoisotopic (exact) mass is 424 g/mol. The summed E-state index contributed by atoms with van der Waals surface area (Å²) >= 11 is 0. The van der Waals surface area contributed by atoms with Crippen LogP contribution in [0, 0.1) is 11.7 Å². The maximum atomic E-state index is 13.0. The van der Waals surface area contributed by atoms with Crippen molar-refractivity contribution in [1.82, 2.24) is 20.4 Å². The van der Waals surface area contributed by atoms with Crippen molar-refractivity contribution in [3.05, 3.63) is 65.8 Å². The summed E-state index contributed by atoms with van der Waals surface area (Å²) in [6, 6.07) is 13.9.